The number of nitriles is 2. The van der Waals surface area contributed by atoms with Crippen molar-refractivity contribution in [1.82, 2.24) is 5.32 Å². The average molecular weight is 253 g/mol. The number of nitrogens with zero attached hydrogens (tertiary/aromatic N) is 2. The Kier molecular flexibility index (Phi) is 3.18. The summed E-state index contributed by atoms with van der Waals surface area (Å²) in [5.74, 6) is -0.259. The molecule has 1 aliphatic rings. The molecule has 0 saturated heterocycles. The number of nitrogens with one attached hydrogen (secondary N) is 1. The first-order valence-corrected chi connectivity index (χ1v) is 5.62. The molecule has 0 bridgehead atoms. The highest BCUT2D eigenvalue weighted by Crippen LogP contribution is 2.35. The molecule has 0 saturated carbocycles. The van der Waals surface area contributed by atoms with Gasteiger partial charge in [-0.3, -0.25) is 0 Å². The molecule has 1 aliphatic heterocycles. The van der Waals surface area contributed by atoms with E-state index in [2.05, 4.69) is 11.4 Å². The Hall–Kier alpha value is -2.50. The molecule has 0 radical (unpaired) electrons. The molecular weight excluding hydrogens is 244 g/mol. The number of hydrogen-bond acceptors (Lipinski definition) is 5. The molecule has 1 aromatic rings. The van der Waals surface area contributed by atoms with E-state index in [-0.39, 0.29) is 10.9 Å². The predicted octanol–water partition coefficient (Wildman–Crippen LogP) is 1.35. The summed E-state index contributed by atoms with van der Waals surface area (Å²) < 4.78 is 0. The molecule has 1 atom stereocenters. The van der Waals surface area contributed by atoms with E-state index in [0.717, 1.165) is 5.56 Å². The van der Waals surface area contributed by atoms with Gasteiger partial charge < -0.3 is 23.7 Å². The molecule has 0 fully saturated rings. The molecule has 3 N–H and O–H groups in total. The van der Waals surface area contributed by atoms with E-state index in [4.69, 9.17) is 18.4 Å². The van der Waals surface area contributed by atoms with Crippen molar-refractivity contribution in [2.24, 2.45) is 5.73 Å². The van der Waals surface area contributed by atoms with Gasteiger partial charge in [-0.2, -0.15) is 10.5 Å². The van der Waals surface area contributed by atoms with Gasteiger partial charge in [-0.25, -0.2) is 0 Å². The third-order valence-electron chi connectivity index (χ3n) is 2.73. The maximum Gasteiger partial charge on any atom is 0.114 e. The van der Waals surface area contributed by atoms with Crippen LogP contribution in [0.2, 0.25) is 0 Å². The minimum absolute atomic E-state index is 0.218. The van der Waals surface area contributed by atoms with E-state index in [1.165, 1.54) is 0 Å². The number of hydrogen-bond donors (Lipinski definition) is 2. The van der Waals surface area contributed by atoms with Crippen LogP contribution in [0.25, 0.3) is 0 Å². The Bertz CT molecular complexity index is 581. The van der Waals surface area contributed by atoms with Crippen LogP contribution in [0.5, 0.6) is 0 Å². The topological polar surface area (TPSA) is 85.6 Å². The Labute approximate surface area is 110 Å². The summed E-state index contributed by atoms with van der Waals surface area (Å²) in [5.41, 5.74) is 7.27. The fourth-order valence-electron chi connectivity index (χ4n) is 1.91. The average Bonchev–Trinajstić information content (AvgIpc) is 2.39. The van der Waals surface area contributed by atoms with Gasteiger partial charge in [0.1, 0.15) is 5.82 Å². The largest absolute Gasteiger partial charge is 0.761 e. The van der Waals surface area contributed by atoms with Crippen LogP contribution in [0.1, 0.15) is 11.5 Å². The van der Waals surface area contributed by atoms with Gasteiger partial charge in [-0.05, 0) is 5.56 Å². The molecule has 2 rings (SSSR count). The zero-order valence-corrected chi connectivity index (χ0v) is 10.2. The van der Waals surface area contributed by atoms with Crippen LogP contribution >= 0.6 is 0 Å². The summed E-state index contributed by atoms with van der Waals surface area (Å²) in [5, 5.41) is 21.4. The standard InChI is InChI=1S/C13H10N4S/c14-6-9-11(8-4-2-1-3-5-8)10(7-15)13(18)17-12(9)16/h1-5,11,17-18H,16H2/p-1. The smallest absolute Gasteiger partial charge is 0.114 e. The number of benzene rings is 1. The van der Waals surface area contributed by atoms with Crippen LogP contribution in [0.4, 0.5) is 0 Å². The summed E-state index contributed by atoms with van der Waals surface area (Å²) in [6, 6.07) is 13.4. The molecule has 1 heterocycles. The van der Waals surface area contributed by atoms with Gasteiger partial charge in [-0.15, -0.1) is 0 Å². The number of rotatable bonds is 1. The lowest BCUT2D eigenvalue weighted by Gasteiger charge is -2.30. The van der Waals surface area contributed by atoms with Gasteiger partial charge in [-0.1, -0.05) is 35.4 Å². The first kappa shape index (κ1) is 12.0. The lowest BCUT2D eigenvalue weighted by atomic mass is 9.84. The van der Waals surface area contributed by atoms with Crippen molar-refractivity contribution >= 4 is 12.6 Å². The molecule has 0 amide bonds. The summed E-state index contributed by atoms with van der Waals surface area (Å²) >= 11 is 5.09. The minimum Gasteiger partial charge on any atom is -0.761 e. The van der Waals surface area contributed by atoms with Crippen LogP contribution in [-0.4, -0.2) is 0 Å². The fourth-order valence-corrected chi connectivity index (χ4v) is 2.18. The van der Waals surface area contributed by atoms with Crippen LogP contribution in [0, 0.1) is 22.7 Å². The quantitative estimate of drug-likeness (QED) is 0.738. The number of nitrogens with two attached hydrogens (primary N) is 1. The predicted molar refractivity (Wildman–Crippen MR) is 69.1 cm³/mol. The molecule has 5 heteroatoms. The minimum atomic E-state index is -0.477. The van der Waals surface area contributed by atoms with E-state index in [1.807, 2.05) is 36.4 Å². The highest BCUT2D eigenvalue weighted by molar-refractivity contribution is 7.63. The van der Waals surface area contributed by atoms with E-state index >= 15 is 0 Å². The monoisotopic (exact) mass is 253 g/mol. The van der Waals surface area contributed by atoms with E-state index in [1.54, 1.807) is 0 Å². The van der Waals surface area contributed by atoms with Crippen LogP contribution in [-0.2, 0) is 12.6 Å². The first-order valence-electron chi connectivity index (χ1n) is 5.22. The molecule has 4 nitrogen and oxygen atoms in total. The summed E-state index contributed by atoms with van der Waals surface area (Å²) in [6.07, 6.45) is 0. The molecular formula is C13H9N4S-. The third-order valence-corrected chi connectivity index (χ3v) is 3.06. The Balaban J connectivity index is 2.62. The van der Waals surface area contributed by atoms with E-state index < -0.39 is 5.92 Å². The maximum absolute atomic E-state index is 9.21. The normalized spacial score (nSPS) is 18.9. The second-order valence-corrected chi connectivity index (χ2v) is 4.17. The highest BCUT2D eigenvalue weighted by Gasteiger charge is 2.27. The number of allylic oxidation sites excluding steroid dienone is 2. The van der Waals surface area contributed by atoms with Gasteiger partial charge in [0, 0.05) is 5.57 Å². The zero-order valence-electron chi connectivity index (χ0n) is 9.34. The molecule has 18 heavy (non-hydrogen) atoms. The Morgan fingerprint density at radius 1 is 1.11 bits per heavy atom. The van der Waals surface area contributed by atoms with Crippen molar-refractivity contribution in [2.75, 3.05) is 0 Å². The van der Waals surface area contributed by atoms with Gasteiger partial charge >= 0.3 is 0 Å². The van der Waals surface area contributed by atoms with E-state index in [9.17, 15) is 10.5 Å². The molecule has 1 aromatic carbocycles. The lowest BCUT2D eigenvalue weighted by molar-refractivity contribution is 0.841. The molecule has 88 valence electrons. The van der Waals surface area contributed by atoms with E-state index in [0.29, 0.717) is 11.1 Å². The maximum atomic E-state index is 9.21. The molecule has 0 aliphatic carbocycles. The number of dihydropyridines is 1. The summed E-state index contributed by atoms with van der Waals surface area (Å²) in [4.78, 5) is 0. The third kappa shape index (κ3) is 1.88. The van der Waals surface area contributed by atoms with Crippen molar-refractivity contribution < 1.29 is 0 Å². The molecule has 0 spiro atoms. The van der Waals surface area contributed by atoms with Gasteiger partial charge in [0.2, 0.25) is 0 Å². The Morgan fingerprint density at radius 3 is 2.28 bits per heavy atom. The second kappa shape index (κ2) is 4.79. The summed E-state index contributed by atoms with van der Waals surface area (Å²) in [7, 11) is 0. The van der Waals surface area contributed by atoms with Crippen molar-refractivity contribution in [3.05, 3.63) is 57.9 Å². The van der Waals surface area contributed by atoms with Crippen LogP contribution < -0.4 is 11.1 Å². The van der Waals surface area contributed by atoms with Gasteiger partial charge in [0.05, 0.1) is 23.6 Å². The molecule has 1 unspecified atom stereocenters. The van der Waals surface area contributed by atoms with Crippen molar-refractivity contribution in [3.63, 3.8) is 0 Å². The second-order valence-electron chi connectivity index (χ2n) is 3.76. The fraction of sp³-hybridized carbons (Fsp3) is 0.0769. The first-order chi connectivity index (χ1) is 8.69. The van der Waals surface area contributed by atoms with Gasteiger partial charge in [0.15, 0.2) is 0 Å². The highest BCUT2D eigenvalue weighted by atomic mass is 32.1. The van der Waals surface area contributed by atoms with Crippen molar-refractivity contribution in [2.45, 2.75) is 5.92 Å². The van der Waals surface area contributed by atoms with Crippen molar-refractivity contribution in [1.29, 1.82) is 10.5 Å². The Morgan fingerprint density at radius 2 is 1.72 bits per heavy atom. The van der Waals surface area contributed by atoms with Crippen LogP contribution in [0.15, 0.2) is 52.3 Å². The lowest BCUT2D eigenvalue weighted by Crippen LogP contribution is -2.29. The van der Waals surface area contributed by atoms with Crippen LogP contribution in [0.3, 0.4) is 0 Å². The zero-order chi connectivity index (χ0) is 13.1. The molecule has 0 aromatic heterocycles. The van der Waals surface area contributed by atoms with Gasteiger partial charge in [0.25, 0.3) is 0 Å². The SMILES string of the molecule is N#CC1=C(N)NC([S-])=C(C#N)C1c1ccccc1. The summed E-state index contributed by atoms with van der Waals surface area (Å²) in [6.45, 7) is 0. The van der Waals surface area contributed by atoms with Crippen molar-refractivity contribution in [3.8, 4) is 12.1 Å².